The van der Waals surface area contributed by atoms with Gasteiger partial charge < -0.3 is 5.73 Å². The molecule has 3 nitrogen and oxygen atoms in total. The van der Waals surface area contributed by atoms with Crippen LogP contribution < -0.4 is 5.73 Å². The minimum absolute atomic E-state index is 0.256. The summed E-state index contributed by atoms with van der Waals surface area (Å²) in [5.41, 5.74) is 7.56. The smallest absolute Gasteiger partial charge is 0.221 e. The largest absolute Gasteiger partial charge is 0.369 e. The second-order valence-corrected chi connectivity index (χ2v) is 4.40. The first-order valence-corrected chi connectivity index (χ1v) is 5.83. The standard InChI is InChI=1S/C13H18N2O/c14-13(16)9-11-5-1-2-6-12(11)10-15-7-3-4-8-15/h1-2,5-6H,3-4,7-10H2,(H2,14,16). The van der Waals surface area contributed by atoms with Crippen LogP contribution in [0.4, 0.5) is 0 Å². The Morgan fingerprint density at radius 3 is 2.44 bits per heavy atom. The van der Waals surface area contributed by atoms with Crippen LogP contribution in [0.25, 0.3) is 0 Å². The van der Waals surface area contributed by atoms with Crippen LogP contribution >= 0.6 is 0 Å². The Morgan fingerprint density at radius 1 is 1.19 bits per heavy atom. The van der Waals surface area contributed by atoms with Gasteiger partial charge >= 0.3 is 0 Å². The highest BCUT2D eigenvalue weighted by Crippen LogP contribution is 2.16. The molecule has 1 fully saturated rings. The summed E-state index contributed by atoms with van der Waals surface area (Å²) in [6, 6.07) is 8.08. The van der Waals surface area contributed by atoms with Crippen LogP contribution in [0.1, 0.15) is 24.0 Å². The molecule has 1 saturated heterocycles. The Labute approximate surface area is 96.2 Å². The van der Waals surface area contributed by atoms with E-state index in [1.54, 1.807) is 0 Å². The molecule has 2 rings (SSSR count). The van der Waals surface area contributed by atoms with E-state index in [2.05, 4.69) is 11.0 Å². The lowest BCUT2D eigenvalue weighted by Gasteiger charge is -2.16. The normalized spacial score (nSPS) is 16.5. The summed E-state index contributed by atoms with van der Waals surface area (Å²) in [7, 11) is 0. The van der Waals surface area contributed by atoms with Crippen LogP contribution in [0.3, 0.4) is 0 Å². The fourth-order valence-electron chi connectivity index (χ4n) is 2.25. The SMILES string of the molecule is NC(=O)Cc1ccccc1CN1CCCC1. The number of benzene rings is 1. The summed E-state index contributed by atoms with van der Waals surface area (Å²) in [6.07, 6.45) is 2.93. The zero-order valence-electron chi connectivity index (χ0n) is 9.48. The van der Waals surface area contributed by atoms with Gasteiger partial charge in [0.1, 0.15) is 0 Å². The van der Waals surface area contributed by atoms with Gasteiger partial charge in [0.2, 0.25) is 5.91 Å². The number of carbonyl (C=O) groups is 1. The maximum atomic E-state index is 11.0. The number of nitrogens with two attached hydrogens (primary N) is 1. The van der Waals surface area contributed by atoms with E-state index >= 15 is 0 Å². The van der Waals surface area contributed by atoms with Crippen molar-refractivity contribution in [2.24, 2.45) is 5.73 Å². The molecule has 1 aromatic carbocycles. The second-order valence-electron chi connectivity index (χ2n) is 4.40. The van der Waals surface area contributed by atoms with Crippen molar-refractivity contribution in [3.8, 4) is 0 Å². The minimum atomic E-state index is -0.256. The van der Waals surface area contributed by atoms with E-state index in [1.165, 1.54) is 31.5 Å². The van der Waals surface area contributed by atoms with Gasteiger partial charge in [-0.2, -0.15) is 0 Å². The second kappa shape index (κ2) is 5.12. The summed E-state index contributed by atoms with van der Waals surface area (Å²) in [5.74, 6) is -0.256. The summed E-state index contributed by atoms with van der Waals surface area (Å²) < 4.78 is 0. The van der Waals surface area contributed by atoms with Crippen LogP contribution in [-0.4, -0.2) is 23.9 Å². The molecule has 1 heterocycles. The third-order valence-electron chi connectivity index (χ3n) is 3.08. The van der Waals surface area contributed by atoms with Crippen LogP contribution in [0.5, 0.6) is 0 Å². The van der Waals surface area contributed by atoms with Gasteiger partial charge in [-0.3, -0.25) is 9.69 Å². The van der Waals surface area contributed by atoms with Crippen molar-refractivity contribution in [1.82, 2.24) is 4.90 Å². The van der Waals surface area contributed by atoms with E-state index in [1.807, 2.05) is 18.2 Å². The fourth-order valence-corrected chi connectivity index (χ4v) is 2.25. The molecular weight excluding hydrogens is 200 g/mol. The van der Waals surface area contributed by atoms with E-state index in [0.29, 0.717) is 6.42 Å². The molecule has 1 aromatic rings. The molecule has 1 aliphatic rings. The molecule has 16 heavy (non-hydrogen) atoms. The molecular formula is C13H18N2O. The monoisotopic (exact) mass is 218 g/mol. The van der Waals surface area contributed by atoms with Crippen molar-refractivity contribution in [1.29, 1.82) is 0 Å². The highest BCUT2D eigenvalue weighted by atomic mass is 16.1. The van der Waals surface area contributed by atoms with E-state index in [9.17, 15) is 4.79 Å². The Kier molecular flexibility index (Phi) is 3.57. The maximum Gasteiger partial charge on any atom is 0.221 e. The van der Waals surface area contributed by atoms with Gasteiger partial charge in [-0.05, 0) is 37.1 Å². The first-order chi connectivity index (χ1) is 7.75. The first kappa shape index (κ1) is 11.1. The van der Waals surface area contributed by atoms with E-state index < -0.39 is 0 Å². The predicted octanol–water partition coefficient (Wildman–Crippen LogP) is 1.31. The third-order valence-corrected chi connectivity index (χ3v) is 3.08. The molecule has 0 spiro atoms. The Balaban J connectivity index is 2.09. The van der Waals surface area contributed by atoms with Crippen molar-refractivity contribution in [3.05, 3.63) is 35.4 Å². The number of nitrogens with zero attached hydrogens (tertiary/aromatic N) is 1. The molecule has 2 N–H and O–H groups in total. The molecule has 86 valence electrons. The van der Waals surface area contributed by atoms with Crippen molar-refractivity contribution in [2.75, 3.05) is 13.1 Å². The summed E-state index contributed by atoms with van der Waals surface area (Å²) >= 11 is 0. The zero-order chi connectivity index (χ0) is 11.4. The van der Waals surface area contributed by atoms with Gasteiger partial charge in [-0.25, -0.2) is 0 Å². The van der Waals surface area contributed by atoms with Crippen LogP contribution in [-0.2, 0) is 17.8 Å². The molecule has 1 aliphatic heterocycles. The Hall–Kier alpha value is -1.35. The quantitative estimate of drug-likeness (QED) is 0.828. The third kappa shape index (κ3) is 2.83. The summed E-state index contributed by atoms with van der Waals surface area (Å²) in [6.45, 7) is 3.29. The lowest BCUT2D eigenvalue weighted by atomic mass is 10.0. The number of rotatable bonds is 4. The lowest BCUT2D eigenvalue weighted by Crippen LogP contribution is -2.21. The van der Waals surface area contributed by atoms with E-state index in [0.717, 1.165) is 12.1 Å². The number of likely N-dealkylation sites (tertiary alicyclic amines) is 1. The van der Waals surface area contributed by atoms with E-state index in [4.69, 9.17) is 5.73 Å². The van der Waals surface area contributed by atoms with Gasteiger partial charge in [-0.1, -0.05) is 24.3 Å². The maximum absolute atomic E-state index is 11.0. The predicted molar refractivity (Wildman–Crippen MR) is 63.9 cm³/mol. The van der Waals surface area contributed by atoms with Crippen LogP contribution in [0, 0.1) is 0 Å². The van der Waals surface area contributed by atoms with Crippen molar-refractivity contribution < 1.29 is 4.79 Å². The first-order valence-electron chi connectivity index (χ1n) is 5.83. The van der Waals surface area contributed by atoms with E-state index in [-0.39, 0.29) is 5.91 Å². The lowest BCUT2D eigenvalue weighted by molar-refractivity contribution is -0.117. The van der Waals surface area contributed by atoms with Gasteiger partial charge in [0, 0.05) is 6.54 Å². The minimum Gasteiger partial charge on any atom is -0.369 e. The summed E-state index contributed by atoms with van der Waals surface area (Å²) in [5, 5.41) is 0. The molecule has 0 aromatic heterocycles. The van der Waals surface area contributed by atoms with Gasteiger partial charge in [-0.15, -0.1) is 0 Å². The molecule has 0 bridgehead atoms. The van der Waals surface area contributed by atoms with Crippen LogP contribution in [0.15, 0.2) is 24.3 Å². The number of amides is 1. The molecule has 1 amide bonds. The molecule has 0 aliphatic carbocycles. The average molecular weight is 218 g/mol. The topological polar surface area (TPSA) is 46.3 Å². The number of carbonyl (C=O) groups excluding carboxylic acids is 1. The van der Waals surface area contributed by atoms with Gasteiger partial charge in [0.25, 0.3) is 0 Å². The molecule has 0 unspecified atom stereocenters. The number of hydrogen-bond donors (Lipinski definition) is 1. The van der Waals surface area contributed by atoms with Gasteiger partial charge in [0.05, 0.1) is 6.42 Å². The van der Waals surface area contributed by atoms with Gasteiger partial charge in [0.15, 0.2) is 0 Å². The fraction of sp³-hybridized carbons (Fsp3) is 0.462. The Bertz CT molecular complexity index is 370. The molecule has 0 saturated carbocycles. The molecule has 0 atom stereocenters. The number of primary amides is 1. The van der Waals surface area contributed by atoms with Crippen molar-refractivity contribution in [2.45, 2.75) is 25.8 Å². The van der Waals surface area contributed by atoms with Crippen molar-refractivity contribution in [3.63, 3.8) is 0 Å². The molecule has 3 heteroatoms. The zero-order valence-corrected chi connectivity index (χ0v) is 9.48. The highest BCUT2D eigenvalue weighted by Gasteiger charge is 2.13. The Morgan fingerprint density at radius 2 is 1.81 bits per heavy atom. The highest BCUT2D eigenvalue weighted by molar-refractivity contribution is 5.76. The summed E-state index contributed by atoms with van der Waals surface area (Å²) in [4.78, 5) is 13.4. The van der Waals surface area contributed by atoms with Crippen LogP contribution in [0.2, 0.25) is 0 Å². The average Bonchev–Trinajstić information content (AvgIpc) is 2.73. The molecule has 0 radical (unpaired) electrons. The number of hydrogen-bond acceptors (Lipinski definition) is 2. The van der Waals surface area contributed by atoms with Crippen molar-refractivity contribution >= 4 is 5.91 Å².